The van der Waals surface area contributed by atoms with Gasteiger partial charge in [0.2, 0.25) is 10.0 Å². The third-order valence-electron chi connectivity index (χ3n) is 6.00. The summed E-state index contributed by atoms with van der Waals surface area (Å²) in [4.78, 5) is 5.81. The lowest BCUT2D eigenvalue weighted by Gasteiger charge is -2.46. The van der Waals surface area contributed by atoms with Gasteiger partial charge in [-0.25, -0.2) is 12.8 Å². The molecule has 3 heterocycles. The number of phenolic OH excluding ortho intramolecular Hbond substituents is 1. The number of fused-ring (bicyclic) bond motifs is 1. The summed E-state index contributed by atoms with van der Waals surface area (Å²) >= 11 is 0. The maximum atomic E-state index is 13.9. The molecule has 1 saturated heterocycles. The third kappa shape index (κ3) is 3.67. The van der Waals surface area contributed by atoms with Gasteiger partial charge in [0.15, 0.2) is 0 Å². The Morgan fingerprint density at radius 1 is 1.21 bits per heavy atom. The molecule has 0 amide bonds. The molecule has 2 aromatic carbocycles. The number of hydrogen-bond acceptors (Lipinski definition) is 7. The molecule has 0 spiro atoms. The molecular formula is C23H19FN6O3S. The van der Waals surface area contributed by atoms with Gasteiger partial charge >= 0.3 is 0 Å². The number of phenols is 1. The summed E-state index contributed by atoms with van der Waals surface area (Å²) in [6.45, 7) is 0.208. The van der Waals surface area contributed by atoms with Crippen LogP contribution in [0.25, 0.3) is 33.3 Å². The van der Waals surface area contributed by atoms with Gasteiger partial charge in [-0.2, -0.15) is 24.6 Å². The number of benzene rings is 2. The zero-order valence-electron chi connectivity index (χ0n) is 18.1. The number of rotatable bonds is 5. The molecule has 34 heavy (non-hydrogen) atoms. The number of aromatic nitrogens is 4. The molecule has 11 heteroatoms. The number of aromatic hydroxyl groups is 1. The summed E-state index contributed by atoms with van der Waals surface area (Å²) < 4.78 is 38.9. The lowest BCUT2D eigenvalue weighted by atomic mass is 9.90. The Morgan fingerprint density at radius 2 is 2.00 bits per heavy atom. The number of sulfonamides is 1. The van der Waals surface area contributed by atoms with Crippen molar-refractivity contribution in [1.82, 2.24) is 24.3 Å². The molecule has 1 fully saturated rings. The van der Waals surface area contributed by atoms with Gasteiger partial charge in [-0.05, 0) is 42.0 Å². The fraction of sp³-hybridized carbons (Fsp3) is 0.217. The third-order valence-corrected chi connectivity index (χ3v) is 7.20. The highest BCUT2D eigenvalue weighted by Gasteiger charge is 2.50. The number of nitrogens with zero attached hydrogens (tertiary/aromatic N) is 6. The molecule has 2 aromatic heterocycles. The summed E-state index contributed by atoms with van der Waals surface area (Å²) in [5.41, 5.74) is 1.75. The Hall–Kier alpha value is -3.88. The van der Waals surface area contributed by atoms with E-state index >= 15 is 0 Å². The molecule has 1 aliphatic rings. The number of halogens is 1. The number of nitriles is 1. The van der Waals surface area contributed by atoms with E-state index in [1.165, 1.54) is 27.3 Å². The summed E-state index contributed by atoms with van der Waals surface area (Å²) in [5, 5.41) is 29.4. The fourth-order valence-corrected chi connectivity index (χ4v) is 5.15. The van der Waals surface area contributed by atoms with E-state index < -0.39 is 21.4 Å². The van der Waals surface area contributed by atoms with Crippen molar-refractivity contribution in [2.24, 2.45) is 0 Å². The highest BCUT2D eigenvalue weighted by molar-refractivity contribution is 7.88. The van der Waals surface area contributed by atoms with Crippen LogP contribution in [-0.4, -0.2) is 57.2 Å². The molecule has 0 aliphatic carbocycles. The first-order valence-corrected chi connectivity index (χ1v) is 12.2. The van der Waals surface area contributed by atoms with Crippen LogP contribution in [0.5, 0.6) is 5.75 Å². The lowest BCUT2D eigenvalue weighted by Crippen LogP contribution is -2.64. The van der Waals surface area contributed by atoms with Gasteiger partial charge in [-0.1, -0.05) is 6.07 Å². The van der Waals surface area contributed by atoms with E-state index in [2.05, 4.69) is 21.3 Å². The normalized spacial score (nSPS) is 15.7. The maximum Gasteiger partial charge on any atom is 0.211 e. The van der Waals surface area contributed by atoms with Crippen LogP contribution in [0, 0.1) is 17.1 Å². The van der Waals surface area contributed by atoms with Crippen molar-refractivity contribution in [3.05, 3.63) is 60.7 Å². The zero-order chi connectivity index (χ0) is 24.1. The van der Waals surface area contributed by atoms with Gasteiger partial charge in [0.25, 0.3) is 0 Å². The standard InChI is InChI=1S/C23H19FN6O3S/c1-34(32,33)29-13-23(14-29,6-7-25)30-27-12-21(28-30)19-9-15(10-20-17(19)3-2-8-26-20)18-11-16(24)4-5-22(18)31/h2-5,8-12,31H,6,13-14H2,1H3. The van der Waals surface area contributed by atoms with Crippen molar-refractivity contribution >= 4 is 20.9 Å². The molecule has 4 aromatic rings. The SMILES string of the molecule is CS(=O)(=O)N1CC(CC#N)(n2ncc(-c3cc(-c4cc(F)ccc4O)cc4ncccc34)n2)C1. The van der Waals surface area contributed by atoms with Crippen LogP contribution in [0.3, 0.4) is 0 Å². The van der Waals surface area contributed by atoms with Crippen molar-refractivity contribution in [2.75, 3.05) is 19.3 Å². The van der Waals surface area contributed by atoms with E-state index in [0.29, 0.717) is 27.9 Å². The number of hydrogen-bond donors (Lipinski definition) is 1. The highest BCUT2D eigenvalue weighted by Crippen LogP contribution is 2.38. The van der Waals surface area contributed by atoms with E-state index in [4.69, 9.17) is 0 Å². The molecule has 172 valence electrons. The molecule has 0 unspecified atom stereocenters. The topological polar surface area (TPSA) is 125 Å². The first-order chi connectivity index (χ1) is 16.2. The molecule has 9 nitrogen and oxygen atoms in total. The van der Waals surface area contributed by atoms with Crippen LogP contribution in [0.1, 0.15) is 6.42 Å². The quantitative estimate of drug-likeness (QED) is 0.468. The van der Waals surface area contributed by atoms with Crippen molar-refractivity contribution < 1.29 is 17.9 Å². The summed E-state index contributed by atoms with van der Waals surface area (Å²) in [5.74, 6) is -0.560. The molecule has 0 atom stereocenters. The van der Waals surface area contributed by atoms with Gasteiger partial charge < -0.3 is 5.11 Å². The molecule has 1 N–H and O–H groups in total. The smallest absolute Gasteiger partial charge is 0.211 e. The maximum absolute atomic E-state index is 13.9. The minimum absolute atomic E-state index is 0.0483. The van der Waals surface area contributed by atoms with E-state index in [1.54, 1.807) is 30.6 Å². The van der Waals surface area contributed by atoms with Crippen molar-refractivity contribution in [2.45, 2.75) is 12.0 Å². The molecular weight excluding hydrogens is 459 g/mol. The summed E-state index contributed by atoms with van der Waals surface area (Å²) in [6.07, 6.45) is 4.35. The Kier molecular flexibility index (Phi) is 5.07. The van der Waals surface area contributed by atoms with Crippen molar-refractivity contribution in [3.63, 3.8) is 0 Å². The molecule has 0 saturated carbocycles. The Morgan fingerprint density at radius 3 is 2.74 bits per heavy atom. The predicted octanol–water partition coefficient (Wildman–Crippen LogP) is 2.89. The second-order valence-electron chi connectivity index (χ2n) is 8.36. The minimum Gasteiger partial charge on any atom is -0.507 e. The largest absolute Gasteiger partial charge is 0.507 e. The summed E-state index contributed by atoms with van der Waals surface area (Å²) in [6, 6.07) is 13.0. The van der Waals surface area contributed by atoms with E-state index in [9.17, 15) is 23.2 Å². The average molecular weight is 479 g/mol. The summed E-state index contributed by atoms with van der Waals surface area (Å²) in [7, 11) is -3.39. The minimum atomic E-state index is -3.39. The monoisotopic (exact) mass is 478 g/mol. The van der Waals surface area contributed by atoms with Crippen LogP contribution in [-0.2, 0) is 15.6 Å². The van der Waals surface area contributed by atoms with Crippen molar-refractivity contribution in [1.29, 1.82) is 5.26 Å². The van der Waals surface area contributed by atoms with Gasteiger partial charge in [0.1, 0.15) is 22.8 Å². The predicted molar refractivity (Wildman–Crippen MR) is 122 cm³/mol. The lowest BCUT2D eigenvalue weighted by molar-refractivity contribution is 0.0579. The van der Waals surface area contributed by atoms with Crippen LogP contribution >= 0.6 is 0 Å². The molecule has 1 aliphatic heterocycles. The molecule has 0 radical (unpaired) electrons. The second-order valence-corrected chi connectivity index (χ2v) is 10.3. The molecule has 5 rings (SSSR count). The first-order valence-electron chi connectivity index (χ1n) is 10.3. The van der Waals surface area contributed by atoms with Gasteiger partial charge in [0.05, 0.1) is 30.5 Å². The van der Waals surface area contributed by atoms with E-state index in [0.717, 1.165) is 11.6 Å². The zero-order valence-corrected chi connectivity index (χ0v) is 18.9. The second kappa shape index (κ2) is 7.86. The van der Waals surface area contributed by atoms with E-state index in [-0.39, 0.29) is 25.3 Å². The van der Waals surface area contributed by atoms with Crippen LogP contribution < -0.4 is 0 Å². The van der Waals surface area contributed by atoms with Crippen LogP contribution in [0.2, 0.25) is 0 Å². The first kappa shape index (κ1) is 21.9. The van der Waals surface area contributed by atoms with Gasteiger partial charge in [-0.3, -0.25) is 4.98 Å². The Labute approximate surface area is 194 Å². The van der Waals surface area contributed by atoms with Crippen molar-refractivity contribution in [3.8, 4) is 34.2 Å². The fourth-order valence-electron chi connectivity index (χ4n) is 4.21. The van der Waals surface area contributed by atoms with Gasteiger partial charge in [-0.15, -0.1) is 0 Å². The number of pyridine rings is 1. The average Bonchev–Trinajstić information content (AvgIpc) is 3.26. The Balaban J connectivity index is 1.62. The Bertz CT molecular complexity index is 1570. The highest BCUT2D eigenvalue weighted by atomic mass is 32.2. The molecule has 0 bridgehead atoms. The van der Waals surface area contributed by atoms with E-state index in [1.807, 2.05) is 6.07 Å². The van der Waals surface area contributed by atoms with Crippen LogP contribution in [0.4, 0.5) is 4.39 Å². The van der Waals surface area contributed by atoms with Gasteiger partial charge in [0, 0.05) is 35.8 Å². The van der Waals surface area contributed by atoms with Crippen LogP contribution in [0.15, 0.2) is 54.9 Å².